The van der Waals surface area contributed by atoms with Crippen LogP contribution in [0.3, 0.4) is 0 Å². The Morgan fingerprint density at radius 1 is 1.17 bits per heavy atom. The van der Waals surface area contributed by atoms with Gasteiger partial charge < -0.3 is 29.1 Å². The van der Waals surface area contributed by atoms with Crippen LogP contribution in [0, 0.1) is 0 Å². The highest BCUT2D eigenvalue weighted by Crippen LogP contribution is 2.41. The average Bonchev–Trinajstić information content (AvgIpc) is 3.24. The zero-order valence-electron chi connectivity index (χ0n) is 20.4. The summed E-state index contributed by atoms with van der Waals surface area (Å²) < 4.78 is 17.1. The van der Waals surface area contributed by atoms with Gasteiger partial charge in [-0.3, -0.25) is 9.59 Å². The molecule has 1 saturated heterocycles. The fraction of sp³-hybridized carbons (Fsp3) is 0.444. The molecule has 0 unspecified atom stereocenters. The predicted molar refractivity (Wildman–Crippen MR) is 133 cm³/mol. The van der Waals surface area contributed by atoms with Crippen molar-refractivity contribution in [3.05, 3.63) is 59.7 Å². The molecule has 1 N–H and O–H groups in total. The first kappa shape index (κ1) is 24.3. The Kier molecular flexibility index (Phi) is 6.93. The molecule has 3 aliphatic heterocycles. The summed E-state index contributed by atoms with van der Waals surface area (Å²) in [5.41, 5.74) is 1.30. The number of aliphatic hydroxyl groups excluding tert-OH is 1. The lowest BCUT2D eigenvalue weighted by Crippen LogP contribution is -2.59. The van der Waals surface area contributed by atoms with Crippen LogP contribution in [0.5, 0.6) is 5.75 Å². The number of ether oxygens (including phenoxy) is 3. The van der Waals surface area contributed by atoms with Crippen LogP contribution in [0.4, 0.5) is 5.69 Å². The van der Waals surface area contributed by atoms with Crippen LogP contribution in [0.25, 0.3) is 0 Å². The summed E-state index contributed by atoms with van der Waals surface area (Å²) in [5.74, 6) is 0.751. The molecule has 1 spiro atoms. The minimum Gasteiger partial charge on any atom is -0.494 e. The quantitative estimate of drug-likeness (QED) is 0.591. The number of benzene rings is 2. The number of aliphatic imine (C=N–C) groups is 1. The molecule has 190 valence electrons. The van der Waals surface area contributed by atoms with Gasteiger partial charge in [0.05, 0.1) is 19.8 Å². The van der Waals surface area contributed by atoms with Crippen molar-refractivity contribution in [1.82, 2.24) is 4.90 Å². The standard InChI is InChI=1S/C27H31N3O6/c1-19-27(28-25(36-19)20-7-9-22(10-8-20)35-14-4-13-31)17-21-5-2-3-6-23(21)30(26(27)33)18-24(32)29-11-15-34-16-12-29/h2-3,5-10,19,31H,4,11-18H2,1H3/t19-,27-/m0/s1. The predicted octanol–water partition coefficient (Wildman–Crippen LogP) is 1.80. The van der Waals surface area contributed by atoms with Crippen LogP contribution in [-0.4, -0.2) is 85.4 Å². The van der Waals surface area contributed by atoms with Gasteiger partial charge in [-0.1, -0.05) is 18.2 Å². The molecular weight excluding hydrogens is 462 g/mol. The fourth-order valence-corrected chi connectivity index (χ4v) is 4.89. The van der Waals surface area contributed by atoms with Gasteiger partial charge in [-0.15, -0.1) is 0 Å². The molecule has 2 aromatic carbocycles. The van der Waals surface area contributed by atoms with Crippen molar-refractivity contribution in [1.29, 1.82) is 0 Å². The molecular formula is C27H31N3O6. The van der Waals surface area contributed by atoms with Gasteiger partial charge in [0.25, 0.3) is 5.91 Å². The first-order chi connectivity index (χ1) is 17.5. The maximum absolute atomic E-state index is 14.0. The molecule has 0 bridgehead atoms. The van der Waals surface area contributed by atoms with Gasteiger partial charge in [-0.25, -0.2) is 4.99 Å². The third kappa shape index (κ3) is 4.56. The molecule has 0 aromatic heterocycles. The van der Waals surface area contributed by atoms with Gasteiger partial charge in [0.2, 0.25) is 11.8 Å². The van der Waals surface area contributed by atoms with E-state index in [4.69, 9.17) is 24.3 Å². The second-order valence-electron chi connectivity index (χ2n) is 9.24. The summed E-state index contributed by atoms with van der Waals surface area (Å²) in [6.45, 7) is 4.37. The molecule has 9 nitrogen and oxygen atoms in total. The molecule has 2 amide bonds. The number of nitrogens with zero attached hydrogens (tertiary/aromatic N) is 3. The number of amides is 2. The van der Waals surface area contributed by atoms with E-state index in [1.54, 1.807) is 9.80 Å². The van der Waals surface area contributed by atoms with Crippen LogP contribution < -0.4 is 9.64 Å². The van der Waals surface area contributed by atoms with E-state index in [1.807, 2.05) is 55.5 Å². The molecule has 3 heterocycles. The average molecular weight is 494 g/mol. The number of hydrogen-bond donors (Lipinski definition) is 1. The second kappa shape index (κ2) is 10.3. The molecule has 0 saturated carbocycles. The molecule has 0 aliphatic carbocycles. The summed E-state index contributed by atoms with van der Waals surface area (Å²) in [6.07, 6.45) is 0.457. The van der Waals surface area contributed by atoms with Gasteiger partial charge in [0.1, 0.15) is 18.4 Å². The van der Waals surface area contributed by atoms with Gasteiger partial charge in [0.15, 0.2) is 5.54 Å². The van der Waals surface area contributed by atoms with Gasteiger partial charge >= 0.3 is 0 Å². The van der Waals surface area contributed by atoms with Crippen LogP contribution in [0.15, 0.2) is 53.5 Å². The zero-order chi connectivity index (χ0) is 25.1. The Bertz CT molecular complexity index is 1140. The third-order valence-corrected chi connectivity index (χ3v) is 6.95. The summed E-state index contributed by atoms with van der Waals surface area (Å²) >= 11 is 0. The molecule has 3 aliphatic rings. The number of morpholine rings is 1. The number of aliphatic hydroxyl groups is 1. The fourth-order valence-electron chi connectivity index (χ4n) is 4.89. The molecule has 5 rings (SSSR count). The van der Waals surface area contributed by atoms with Crippen LogP contribution >= 0.6 is 0 Å². The molecule has 2 atom stereocenters. The van der Waals surface area contributed by atoms with E-state index < -0.39 is 11.6 Å². The Balaban J connectivity index is 1.42. The number of carbonyl (C=O) groups is 2. The van der Waals surface area contributed by atoms with E-state index in [-0.39, 0.29) is 25.0 Å². The second-order valence-corrected chi connectivity index (χ2v) is 9.24. The molecule has 36 heavy (non-hydrogen) atoms. The summed E-state index contributed by atoms with van der Waals surface area (Å²) in [7, 11) is 0. The smallest absolute Gasteiger partial charge is 0.259 e. The number of fused-ring (bicyclic) bond motifs is 1. The van der Waals surface area contributed by atoms with Crippen molar-refractivity contribution < 1.29 is 28.9 Å². The zero-order valence-corrected chi connectivity index (χ0v) is 20.4. The van der Waals surface area contributed by atoms with E-state index in [1.165, 1.54) is 0 Å². The van der Waals surface area contributed by atoms with Gasteiger partial charge in [-0.05, 0) is 42.8 Å². The lowest BCUT2D eigenvalue weighted by Gasteiger charge is -2.40. The maximum Gasteiger partial charge on any atom is 0.259 e. The van der Waals surface area contributed by atoms with E-state index in [0.717, 1.165) is 16.8 Å². The minimum absolute atomic E-state index is 0.0466. The van der Waals surface area contributed by atoms with Crippen molar-refractivity contribution in [3.63, 3.8) is 0 Å². The Hall–Kier alpha value is -3.43. The number of hydrogen-bond acceptors (Lipinski definition) is 7. The van der Waals surface area contributed by atoms with Crippen molar-refractivity contribution in [2.75, 3.05) is 51.0 Å². The van der Waals surface area contributed by atoms with Crippen molar-refractivity contribution >= 4 is 23.4 Å². The van der Waals surface area contributed by atoms with Crippen molar-refractivity contribution in [2.45, 2.75) is 31.4 Å². The SMILES string of the molecule is C[C@@H]1OC(c2ccc(OCCCO)cc2)=N[C@@]12Cc1ccccc1N(CC(=O)N1CCOCC1)C2=O. The van der Waals surface area contributed by atoms with E-state index in [9.17, 15) is 9.59 Å². The van der Waals surface area contributed by atoms with E-state index in [2.05, 4.69) is 0 Å². The van der Waals surface area contributed by atoms with E-state index >= 15 is 0 Å². The number of para-hydroxylation sites is 1. The maximum atomic E-state index is 14.0. The molecule has 1 fully saturated rings. The summed E-state index contributed by atoms with van der Waals surface area (Å²) in [5, 5.41) is 8.92. The number of carbonyl (C=O) groups excluding carboxylic acids is 2. The van der Waals surface area contributed by atoms with Crippen molar-refractivity contribution in [3.8, 4) is 5.75 Å². The highest BCUT2D eigenvalue weighted by atomic mass is 16.5. The topological polar surface area (TPSA) is 101 Å². The number of rotatable bonds is 7. The first-order valence-electron chi connectivity index (χ1n) is 12.4. The van der Waals surface area contributed by atoms with E-state index in [0.29, 0.717) is 57.4 Å². The summed E-state index contributed by atoms with van der Waals surface area (Å²) in [6, 6.07) is 15.0. The highest BCUT2D eigenvalue weighted by molar-refractivity contribution is 6.10. The van der Waals surface area contributed by atoms with Crippen LogP contribution in [0.2, 0.25) is 0 Å². The third-order valence-electron chi connectivity index (χ3n) is 6.95. The Labute approximate surface area is 210 Å². The molecule has 0 radical (unpaired) electrons. The van der Waals surface area contributed by atoms with Gasteiger partial charge in [-0.2, -0.15) is 0 Å². The van der Waals surface area contributed by atoms with Crippen LogP contribution in [-0.2, 0) is 25.5 Å². The largest absolute Gasteiger partial charge is 0.494 e. The normalized spacial score (nSPS) is 23.3. The first-order valence-corrected chi connectivity index (χ1v) is 12.4. The Morgan fingerprint density at radius 2 is 1.92 bits per heavy atom. The monoisotopic (exact) mass is 493 g/mol. The number of anilines is 1. The minimum atomic E-state index is -1.15. The summed E-state index contributed by atoms with van der Waals surface area (Å²) in [4.78, 5) is 35.3. The lowest BCUT2D eigenvalue weighted by atomic mass is 9.81. The molecule has 9 heteroatoms. The molecule has 2 aromatic rings. The lowest BCUT2D eigenvalue weighted by molar-refractivity contribution is -0.136. The van der Waals surface area contributed by atoms with Crippen molar-refractivity contribution in [2.24, 2.45) is 4.99 Å². The van der Waals surface area contributed by atoms with Crippen LogP contribution in [0.1, 0.15) is 24.5 Å². The van der Waals surface area contributed by atoms with Gasteiger partial charge in [0, 0.05) is 43.8 Å². The highest BCUT2D eigenvalue weighted by Gasteiger charge is 2.55. The Morgan fingerprint density at radius 3 is 2.67 bits per heavy atom.